The van der Waals surface area contributed by atoms with E-state index in [9.17, 15) is 0 Å². The van der Waals surface area contributed by atoms with E-state index in [0.717, 1.165) is 12.0 Å². The van der Waals surface area contributed by atoms with E-state index in [1.165, 1.54) is 0 Å². The zero-order valence-corrected chi connectivity index (χ0v) is 7.67. The molecule has 0 saturated heterocycles. The molecule has 0 radical (unpaired) electrons. The molecule has 0 fully saturated rings. The van der Waals surface area contributed by atoms with Crippen molar-refractivity contribution in [1.82, 2.24) is 0 Å². The Labute approximate surface area is 78.3 Å². The van der Waals surface area contributed by atoms with Crippen LogP contribution in [-0.2, 0) is 0 Å². The average Bonchev–Trinajstić information content (AvgIpc) is 2.32. The standard InChI is InChI=1S/C10H11NS/c1-2-5-10(12)9-6-3-4-7-11-8-9/h2-4,6,8,10,12H,1,5H2. The normalized spacial score (nSPS) is 16.9. The molecule has 1 aliphatic heterocycles. The van der Waals surface area contributed by atoms with Crippen LogP contribution < -0.4 is 0 Å². The van der Waals surface area contributed by atoms with E-state index < -0.39 is 0 Å². The van der Waals surface area contributed by atoms with Crippen LogP contribution in [-0.4, -0.2) is 11.1 Å². The molecule has 0 bridgehead atoms. The quantitative estimate of drug-likeness (QED) is 0.502. The van der Waals surface area contributed by atoms with Crippen molar-refractivity contribution in [2.24, 2.45) is 4.99 Å². The summed E-state index contributed by atoms with van der Waals surface area (Å²) in [6, 6.07) is 0. The van der Waals surface area contributed by atoms with Crippen LogP contribution in [0.25, 0.3) is 0 Å². The van der Waals surface area contributed by atoms with E-state index in [1.54, 1.807) is 12.3 Å². The van der Waals surface area contributed by atoms with Crippen LogP contribution >= 0.6 is 12.6 Å². The van der Waals surface area contributed by atoms with Crippen LogP contribution in [0.2, 0.25) is 0 Å². The van der Waals surface area contributed by atoms with Gasteiger partial charge in [0, 0.05) is 11.4 Å². The highest BCUT2D eigenvalue weighted by Crippen LogP contribution is 2.15. The lowest BCUT2D eigenvalue weighted by atomic mass is 10.1. The molecule has 0 N–H and O–H groups in total. The number of nitrogens with zero attached hydrogens (tertiary/aromatic N) is 1. The van der Waals surface area contributed by atoms with Crippen LogP contribution in [0, 0.1) is 0 Å². The van der Waals surface area contributed by atoms with Crippen molar-refractivity contribution >= 4 is 18.5 Å². The zero-order valence-electron chi connectivity index (χ0n) is 6.77. The maximum atomic E-state index is 4.41. The fourth-order valence-corrected chi connectivity index (χ4v) is 1.19. The first kappa shape index (κ1) is 9.11. The van der Waals surface area contributed by atoms with Crippen molar-refractivity contribution in [2.45, 2.75) is 11.7 Å². The van der Waals surface area contributed by atoms with Crippen molar-refractivity contribution < 1.29 is 0 Å². The highest BCUT2D eigenvalue weighted by Gasteiger charge is 2.04. The van der Waals surface area contributed by atoms with Gasteiger partial charge in [-0.3, -0.25) is 0 Å². The average molecular weight is 177 g/mol. The Morgan fingerprint density at radius 1 is 1.75 bits per heavy atom. The smallest absolute Gasteiger partial charge is 0.0411 e. The van der Waals surface area contributed by atoms with Gasteiger partial charge < -0.3 is 0 Å². The third-order valence-electron chi connectivity index (χ3n) is 1.52. The fourth-order valence-electron chi connectivity index (χ4n) is 0.891. The van der Waals surface area contributed by atoms with Crippen LogP contribution in [0.5, 0.6) is 0 Å². The molecule has 1 heterocycles. The number of rotatable bonds is 3. The van der Waals surface area contributed by atoms with Gasteiger partial charge in [0.05, 0.1) is 0 Å². The lowest BCUT2D eigenvalue weighted by molar-refractivity contribution is 1.03. The van der Waals surface area contributed by atoms with E-state index in [4.69, 9.17) is 0 Å². The molecule has 1 atom stereocenters. The zero-order chi connectivity index (χ0) is 8.81. The molecule has 0 amide bonds. The summed E-state index contributed by atoms with van der Waals surface area (Å²) >= 11 is 4.41. The summed E-state index contributed by atoms with van der Waals surface area (Å²) in [7, 11) is 0. The lowest BCUT2D eigenvalue weighted by Gasteiger charge is -2.06. The van der Waals surface area contributed by atoms with Gasteiger partial charge in [0.2, 0.25) is 0 Å². The topological polar surface area (TPSA) is 12.4 Å². The van der Waals surface area contributed by atoms with Crippen LogP contribution in [0.3, 0.4) is 0 Å². The van der Waals surface area contributed by atoms with Gasteiger partial charge in [-0.05, 0) is 23.9 Å². The minimum atomic E-state index is 0.191. The van der Waals surface area contributed by atoms with Crippen molar-refractivity contribution in [3.63, 3.8) is 0 Å². The van der Waals surface area contributed by atoms with Crippen LogP contribution in [0.4, 0.5) is 0 Å². The molecule has 2 heteroatoms. The Bertz CT molecular complexity index is 280. The third-order valence-corrected chi connectivity index (χ3v) is 2.03. The van der Waals surface area contributed by atoms with Gasteiger partial charge in [0.25, 0.3) is 0 Å². The van der Waals surface area contributed by atoms with E-state index in [-0.39, 0.29) is 5.25 Å². The van der Waals surface area contributed by atoms with Crippen molar-refractivity contribution in [2.75, 3.05) is 0 Å². The van der Waals surface area contributed by atoms with Gasteiger partial charge in [-0.25, -0.2) is 4.99 Å². The van der Waals surface area contributed by atoms with Gasteiger partial charge >= 0.3 is 0 Å². The second-order valence-corrected chi connectivity index (χ2v) is 3.08. The Balaban J connectivity index is 2.69. The van der Waals surface area contributed by atoms with Crippen molar-refractivity contribution in [1.29, 1.82) is 0 Å². The summed E-state index contributed by atoms with van der Waals surface area (Å²) < 4.78 is 0. The molecule has 1 unspecified atom stereocenters. The molecule has 0 saturated carbocycles. The third kappa shape index (κ3) is 2.57. The van der Waals surface area contributed by atoms with Crippen LogP contribution in [0.1, 0.15) is 6.42 Å². The first-order chi connectivity index (χ1) is 5.84. The second-order valence-electron chi connectivity index (χ2n) is 2.45. The summed E-state index contributed by atoms with van der Waals surface area (Å²) in [6.07, 6.45) is 10.2. The largest absolute Gasteiger partial charge is 0.214 e. The van der Waals surface area contributed by atoms with Gasteiger partial charge in [-0.2, -0.15) is 12.6 Å². The number of hydrogen-bond acceptors (Lipinski definition) is 2. The maximum Gasteiger partial charge on any atom is 0.0411 e. The van der Waals surface area contributed by atoms with E-state index in [0.29, 0.717) is 0 Å². The number of thiol groups is 1. The lowest BCUT2D eigenvalue weighted by Crippen LogP contribution is -1.98. The van der Waals surface area contributed by atoms with Crippen LogP contribution in [0.15, 0.2) is 47.6 Å². The van der Waals surface area contributed by atoms with Crippen molar-refractivity contribution in [3.8, 4) is 0 Å². The summed E-state index contributed by atoms with van der Waals surface area (Å²) in [5.41, 5.74) is 1.10. The summed E-state index contributed by atoms with van der Waals surface area (Å²) in [6.45, 7) is 3.66. The van der Waals surface area contributed by atoms with Gasteiger partial charge in [-0.15, -0.1) is 6.58 Å². The molecule has 0 aromatic rings. The van der Waals surface area contributed by atoms with E-state index in [1.807, 2.05) is 18.2 Å². The van der Waals surface area contributed by atoms with Gasteiger partial charge in [0.15, 0.2) is 0 Å². The van der Waals surface area contributed by atoms with Gasteiger partial charge in [-0.1, -0.05) is 18.2 Å². The minimum absolute atomic E-state index is 0.191. The molecule has 0 aromatic heterocycles. The first-order valence-electron chi connectivity index (χ1n) is 3.79. The summed E-state index contributed by atoms with van der Waals surface area (Å²) in [5.74, 6) is 2.75. The Kier molecular flexibility index (Phi) is 3.65. The molecule has 1 nitrogen and oxygen atoms in total. The second kappa shape index (κ2) is 4.81. The van der Waals surface area contributed by atoms with Crippen molar-refractivity contribution in [3.05, 3.63) is 42.7 Å². The molecule has 0 aromatic carbocycles. The SMILES string of the molecule is C=CCC(S)C1=CN=C=CC=C1. The molecule has 1 rings (SSSR count). The maximum absolute atomic E-state index is 4.41. The van der Waals surface area contributed by atoms with E-state index in [2.05, 4.69) is 30.1 Å². The predicted octanol–water partition coefficient (Wildman–Crippen LogP) is 2.54. The summed E-state index contributed by atoms with van der Waals surface area (Å²) in [5, 5.41) is 0.191. The number of allylic oxidation sites excluding steroid dienone is 4. The molecule has 0 aliphatic carbocycles. The Morgan fingerprint density at radius 3 is 3.33 bits per heavy atom. The fraction of sp³-hybridized carbons (Fsp3) is 0.200. The highest BCUT2D eigenvalue weighted by molar-refractivity contribution is 7.81. The molecule has 62 valence electrons. The molecule has 12 heavy (non-hydrogen) atoms. The summed E-state index contributed by atoms with van der Waals surface area (Å²) in [4.78, 5) is 3.94. The molecule has 0 spiro atoms. The first-order valence-corrected chi connectivity index (χ1v) is 4.30. The van der Waals surface area contributed by atoms with Gasteiger partial charge in [0.1, 0.15) is 0 Å². The molecular weight excluding hydrogens is 166 g/mol. The predicted molar refractivity (Wildman–Crippen MR) is 56.8 cm³/mol. The number of hydrogen-bond donors (Lipinski definition) is 1. The Morgan fingerprint density at radius 2 is 2.58 bits per heavy atom. The Hall–Kier alpha value is -0.980. The molecule has 1 aliphatic rings. The number of aliphatic imine (C=N–C) groups is 1. The molecular formula is C10H11NS. The monoisotopic (exact) mass is 177 g/mol. The highest BCUT2D eigenvalue weighted by atomic mass is 32.1. The minimum Gasteiger partial charge on any atom is -0.214 e. The van der Waals surface area contributed by atoms with E-state index >= 15 is 0 Å².